The van der Waals surface area contributed by atoms with Gasteiger partial charge in [-0.3, -0.25) is 0 Å². The topological polar surface area (TPSA) is 46.5 Å². The van der Waals surface area contributed by atoms with Crippen LogP contribution in [0.25, 0.3) is 0 Å². The van der Waals surface area contributed by atoms with Crippen molar-refractivity contribution in [3.8, 4) is 0 Å². The number of hydrogen-bond donors (Lipinski definition) is 1. The van der Waals surface area contributed by atoms with Crippen molar-refractivity contribution in [1.29, 1.82) is 0 Å². The van der Waals surface area contributed by atoms with Crippen LogP contribution in [0.2, 0.25) is 0 Å². The molecule has 2 atom stereocenters. The molecule has 1 N–H and O–H groups in total. The molecular formula is C13H22O3. The third-order valence-electron chi connectivity index (χ3n) is 2.88. The molecule has 1 unspecified atom stereocenters. The first-order valence-electron chi connectivity index (χ1n) is 6.25. The highest BCUT2D eigenvalue weighted by molar-refractivity contribution is 5.82. The second kappa shape index (κ2) is 7.44. The molecule has 0 radical (unpaired) electrons. The molecule has 1 aliphatic rings. The first-order valence-corrected chi connectivity index (χ1v) is 6.25. The minimum Gasteiger partial charge on any atom is -0.460 e. The van der Waals surface area contributed by atoms with Gasteiger partial charge in [-0.15, -0.1) is 0 Å². The van der Waals surface area contributed by atoms with Crippen molar-refractivity contribution < 1.29 is 14.6 Å². The quantitative estimate of drug-likeness (QED) is 0.646. The van der Waals surface area contributed by atoms with E-state index in [-0.39, 0.29) is 12.1 Å². The van der Waals surface area contributed by atoms with Gasteiger partial charge in [0.05, 0.1) is 12.2 Å². The molecule has 0 saturated carbocycles. The van der Waals surface area contributed by atoms with Gasteiger partial charge in [0.15, 0.2) is 0 Å². The van der Waals surface area contributed by atoms with E-state index in [1.807, 2.05) is 6.92 Å². The Kier molecular flexibility index (Phi) is 6.16. The number of carbonyl (C=O) groups is 1. The zero-order valence-electron chi connectivity index (χ0n) is 10.0. The van der Waals surface area contributed by atoms with Gasteiger partial charge in [0.2, 0.25) is 0 Å². The van der Waals surface area contributed by atoms with Gasteiger partial charge in [-0.05, 0) is 32.3 Å². The molecule has 0 saturated heterocycles. The number of rotatable bonds is 0. The fourth-order valence-corrected chi connectivity index (χ4v) is 1.90. The molecule has 0 aliphatic carbocycles. The number of ether oxygens (including phenoxy) is 1. The van der Waals surface area contributed by atoms with Gasteiger partial charge in [0, 0.05) is 6.08 Å². The van der Waals surface area contributed by atoms with Crippen LogP contribution < -0.4 is 0 Å². The third kappa shape index (κ3) is 5.91. The Labute approximate surface area is 97.5 Å². The molecule has 92 valence electrons. The number of cyclic esters (lactones) is 1. The molecule has 1 rings (SSSR count). The van der Waals surface area contributed by atoms with Crippen molar-refractivity contribution in [3.05, 3.63) is 12.2 Å². The van der Waals surface area contributed by atoms with Gasteiger partial charge in [-0.2, -0.15) is 0 Å². The van der Waals surface area contributed by atoms with E-state index in [0.29, 0.717) is 0 Å². The smallest absolute Gasteiger partial charge is 0.330 e. The summed E-state index contributed by atoms with van der Waals surface area (Å²) in [5.74, 6) is -0.342. The zero-order valence-corrected chi connectivity index (χ0v) is 10.0. The summed E-state index contributed by atoms with van der Waals surface area (Å²) in [5, 5.41) is 9.55. The van der Waals surface area contributed by atoms with Crippen molar-refractivity contribution in [2.75, 3.05) is 0 Å². The lowest BCUT2D eigenvalue weighted by molar-refractivity contribution is -0.142. The number of aliphatic hydroxyl groups excluding tert-OH is 1. The van der Waals surface area contributed by atoms with Crippen molar-refractivity contribution in [3.63, 3.8) is 0 Å². The third-order valence-corrected chi connectivity index (χ3v) is 2.88. The summed E-state index contributed by atoms with van der Waals surface area (Å²) in [6, 6.07) is 0. The number of aliphatic hydroxyl groups is 1. The lowest BCUT2D eigenvalue weighted by Crippen LogP contribution is -2.13. The molecule has 0 fully saturated rings. The fraction of sp³-hybridized carbons (Fsp3) is 0.769. The van der Waals surface area contributed by atoms with Crippen LogP contribution in [0, 0.1) is 0 Å². The van der Waals surface area contributed by atoms with Gasteiger partial charge in [-0.25, -0.2) is 4.79 Å². The summed E-state index contributed by atoms with van der Waals surface area (Å²) < 4.78 is 5.18. The first-order chi connectivity index (χ1) is 7.68. The molecule has 0 aromatic carbocycles. The number of carbonyl (C=O) groups excluding carboxylic acids is 1. The van der Waals surface area contributed by atoms with Crippen LogP contribution in [0.4, 0.5) is 0 Å². The Bertz CT molecular complexity index is 235. The molecule has 0 aromatic rings. The highest BCUT2D eigenvalue weighted by Gasteiger charge is 2.08. The van der Waals surface area contributed by atoms with E-state index in [2.05, 4.69) is 0 Å². The van der Waals surface area contributed by atoms with Crippen LogP contribution >= 0.6 is 0 Å². The van der Waals surface area contributed by atoms with Crippen LogP contribution in [0.5, 0.6) is 0 Å². The Morgan fingerprint density at radius 1 is 1.19 bits per heavy atom. The largest absolute Gasteiger partial charge is 0.460 e. The van der Waals surface area contributed by atoms with Crippen molar-refractivity contribution >= 4 is 5.97 Å². The Balaban J connectivity index is 2.46. The van der Waals surface area contributed by atoms with Gasteiger partial charge in [0.25, 0.3) is 0 Å². The lowest BCUT2D eigenvalue weighted by Gasteiger charge is -2.11. The molecule has 0 aromatic heterocycles. The maximum Gasteiger partial charge on any atom is 0.330 e. The summed E-state index contributed by atoms with van der Waals surface area (Å²) in [7, 11) is 0. The van der Waals surface area contributed by atoms with Crippen LogP contribution in [0.3, 0.4) is 0 Å². The molecule has 0 spiro atoms. The van der Waals surface area contributed by atoms with Gasteiger partial charge in [0.1, 0.15) is 0 Å². The minimum absolute atomic E-state index is 0.0185. The molecule has 0 bridgehead atoms. The Hall–Kier alpha value is -0.830. The molecule has 3 nitrogen and oxygen atoms in total. The van der Waals surface area contributed by atoms with Crippen molar-refractivity contribution in [2.24, 2.45) is 0 Å². The fourth-order valence-electron chi connectivity index (χ4n) is 1.90. The predicted octanol–water partition coefficient (Wildman–Crippen LogP) is 2.58. The highest BCUT2D eigenvalue weighted by Crippen LogP contribution is 2.12. The van der Waals surface area contributed by atoms with Crippen LogP contribution in [-0.2, 0) is 9.53 Å². The maximum atomic E-state index is 11.3. The Morgan fingerprint density at radius 3 is 2.56 bits per heavy atom. The molecule has 3 heteroatoms. The van der Waals surface area contributed by atoms with E-state index >= 15 is 0 Å². The summed E-state index contributed by atoms with van der Waals surface area (Å²) >= 11 is 0. The van der Waals surface area contributed by atoms with Crippen LogP contribution in [0.15, 0.2) is 12.2 Å². The van der Waals surface area contributed by atoms with Gasteiger partial charge >= 0.3 is 5.97 Å². The SMILES string of the molecule is CC1CCCCCCC[C@@H](O)/C=C/C(=O)O1. The summed E-state index contributed by atoms with van der Waals surface area (Å²) in [6.45, 7) is 1.92. The van der Waals surface area contributed by atoms with E-state index in [1.165, 1.54) is 25.0 Å². The summed E-state index contributed by atoms with van der Waals surface area (Å²) in [5.41, 5.74) is 0. The average Bonchev–Trinajstić information content (AvgIpc) is 2.25. The first kappa shape index (κ1) is 13.2. The zero-order chi connectivity index (χ0) is 11.8. The van der Waals surface area contributed by atoms with Crippen LogP contribution in [0.1, 0.15) is 51.9 Å². The predicted molar refractivity (Wildman–Crippen MR) is 63.0 cm³/mol. The lowest BCUT2D eigenvalue weighted by atomic mass is 10.1. The maximum absolute atomic E-state index is 11.3. The average molecular weight is 226 g/mol. The number of esters is 1. The summed E-state index contributed by atoms with van der Waals surface area (Å²) in [6.07, 6.45) is 9.71. The second-order valence-corrected chi connectivity index (χ2v) is 4.52. The van der Waals surface area contributed by atoms with Crippen molar-refractivity contribution in [2.45, 2.75) is 64.1 Å². The van der Waals surface area contributed by atoms with E-state index in [4.69, 9.17) is 4.74 Å². The van der Waals surface area contributed by atoms with Crippen LogP contribution in [-0.4, -0.2) is 23.3 Å². The number of hydrogen-bond acceptors (Lipinski definition) is 3. The van der Waals surface area contributed by atoms with Crippen molar-refractivity contribution in [1.82, 2.24) is 0 Å². The van der Waals surface area contributed by atoms with E-state index < -0.39 is 6.10 Å². The molecule has 1 aliphatic heterocycles. The van der Waals surface area contributed by atoms with E-state index in [0.717, 1.165) is 32.1 Å². The summed E-state index contributed by atoms with van der Waals surface area (Å²) in [4.78, 5) is 11.3. The van der Waals surface area contributed by atoms with E-state index in [9.17, 15) is 9.90 Å². The minimum atomic E-state index is -0.511. The monoisotopic (exact) mass is 226 g/mol. The Morgan fingerprint density at radius 2 is 1.81 bits per heavy atom. The van der Waals surface area contributed by atoms with Gasteiger partial charge in [-0.1, -0.05) is 25.7 Å². The normalized spacial score (nSPS) is 31.8. The van der Waals surface area contributed by atoms with Gasteiger partial charge < -0.3 is 9.84 Å². The molecule has 16 heavy (non-hydrogen) atoms. The molecular weight excluding hydrogens is 204 g/mol. The second-order valence-electron chi connectivity index (χ2n) is 4.52. The highest BCUT2D eigenvalue weighted by atomic mass is 16.5. The molecule has 1 heterocycles. The van der Waals surface area contributed by atoms with E-state index in [1.54, 1.807) is 0 Å². The molecule has 0 amide bonds. The standard InChI is InChI=1S/C13H22O3/c1-11-7-5-3-2-4-6-8-12(14)9-10-13(15)16-11/h9-12,14H,2-8H2,1H3/b10-9+/t11?,12-/m1/s1.